The molecule has 2 aromatic heterocycles. The largest absolute Gasteiger partial charge is 0.493 e. The zero-order chi connectivity index (χ0) is 24.5. The molecule has 0 N–H and O–H groups in total. The van der Waals surface area contributed by atoms with Crippen LogP contribution in [0.1, 0.15) is 16.7 Å². The predicted molar refractivity (Wildman–Crippen MR) is 143 cm³/mol. The van der Waals surface area contributed by atoms with Gasteiger partial charge >= 0.3 is 0 Å². The van der Waals surface area contributed by atoms with E-state index in [9.17, 15) is 4.79 Å². The van der Waals surface area contributed by atoms with Crippen LogP contribution in [0.5, 0.6) is 17.2 Å². The summed E-state index contributed by atoms with van der Waals surface area (Å²) in [5.41, 5.74) is 4.78. The van der Waals surface area contributed by atoms with Crippen LogP contribution in [-0.2, 0) is 0 Å². The zero-order valence-electron chi connectivity index (χ0n) is 19.5. The fourth-order valence-electron chi connectivity index (χ4n) is 3.83. The number of ether oxygens (including phenoxy) is 3. The molecule has 178 valence electrons. The number of halogens is 1. The maximum atomic E-state index is 13.1. The minimum absolute atomic E-state index is 0.0855. The molecule has 0 fully saturated rings. The molecule has 0 aliphatic carbocycles. The number of nitrogens with zero attached hydrogens (tertiary/aromatic N) is 2. The van der Waals surface area contributed by atoms with Crippen molar-refractivity contribution in [1.82, 2.24) is 9.38 Å². The molecular formula is C27H23BrN2O4S. The van der Waals surface area contributed by atoms with Crippen molar-refractivity contribution in [2.45, 2.75) is 13.8 Å². The topological polar surface area (TPSA) is 62.1 Å². The van der Waals surface area contributed by atoms with Gasteiger partial charge in [0.2, 0.25) is 0 Å². The highest BCUT2D eigenvalue weighted by atomic mass is 79.9. The third kappa shape index (κ3) is 4.63. The third-order valence-corrected chi connectivity index (χ3v) is 7.33. The highest BCUT2D eigenvalue weighted by Crippen LogP contribution is 2.37. The van der Waals surface area contributed by atoms with Crippen molar-refractivity contribution in [3.63, 3.8) is 0 Å². The summed E-state index contributed by atoms with van der Waals surface area (Å²) >= 11 is 4.95. The van der Waals surface area contributed by atoms with Crippen molar-refractivity contribution in [1.29, 1.82) is 0 Å². The Morgan fingerprint density at radius 1 is 1.03 bits per heavy atom. The number of methoxy groups -OCH3 is 1. The highest BCUT2D eigenvalue weighted by Gasteiger charge is 2.14. The Hall–Kier alpha value is -3.36. The second-order valence-electron chi connectivity index (χ2n) is 8.11. The van der Waals surface area contributed by atoms with Crippen LogP contribution in [0.25, 0.3) is 22.1 Å². The second kappa shape index (κ2) is 9.71. The normalized spacial score (nSPS) is 11.9. The van der Waals surface area contributed by atoms with Gasteiger partial charge in [-0.1, -0.05) is 29.5 Å². The number of thiazole rings is 1. The number of hydrogen-bond donors (Lipinski definition) is 0. The minimum atomic E-state index is -0.0855. The zero-order valence-corrected chi connectivity index (χ0v) is 21.9. The van der Waals surface area contributed by atoms with Gasteiger partial charge in [0.25, 0.3) is 5.56 Å². The summed E-state index contributed by atoms with van der Waals surface area (Å²) in [5.74, 6) is 1.97. The average Bonchev–Trinajstić information content (AvgIpc) is 3.35. The lowest BCUT2D eigenvalue weighted by Gasteiger charge is -2.14. The van der Waals surface area contributed by atoms with Crippen molar-refractivity contribution in [3.05, 3.63) is 90.6 Å². The van der Waals surface area contributed by atoms with E-state index in [1.165, 1.54) is 22.5 Å². The summed E-state index contributed by atoms with van der Waals surface area (Å²) in [5, 5.41) is 0. The number of aryl methyl sites for hydroxylation is 2. The van der Waals surface area contributed by atoms with Crippen LogP contribution in [0.2, 0.25) is 0 Å². The molecule has 6 nitrogen and oxygen atoms in total. The summed E-state index contributed by atoms with van der Waals surface area (Å²) in [7, 11) is 1.59. The molecular weight excluding hydrogens is 528 g/mol. The first kappa shape index (κ1) is 23.4. The van der Waals surface area contributed by atoms with Crippen LogP contribution in [0.15, 0.2) is 63.9 Å². The van der Waals surface area contributed by atoms with Crippen LogP contribution in [0.3, 0.4) is 0 Å². The van der Waals surface area contributed by atoms with E-state index in [0.717, 1.165) is 26.8 Å². The fraction of sp³-hybridized carbons (Fsp3) is 0.185. The van der Waals surface area contributed by atoms with Crippen molar-refractivity contribution in [2.24, 2.45) is 0 Å². The monoisotopic (exact) mass is 550 g/mol. The van der Waals surface area contributed by atoms with Crippen LogP contribution < -0.4 is 24.3 Å². The summed E-state index contributed by atoms with van der Waals surface area (Å²) in [6.45, 7) is 4.88. The maximum absolute atomic E-state index is 13.1. The van der Waals surface area contributed by atoms with E-state index in [1.54, 1.807) is 11.5 Å². The van der Waals surface area contributed by atoms with Gasteiger partial charge < -0.3 is 14.2 Å². The van der Waals surface area contributed by atoms with Gasteiger partial charge in [-0.05, 0) is 88.9 Å². The predicted octanol–water partition coefficient (Wildman–Crippen LogP) is 5.30. The Morgan fingerprint density at radius 3 is 2.63 bits per heavy atom. The van der Waals surface area contributed by atoms with Gasteiger partial charge in [0, 0.05) is 0 Å². The number of aromatic nitrogens is 2. The van der Waals surface area contributed by atoms with Gasteiger partial charge in [0.1, 0.15) is 19.0 Å². The number of benzene rings is 3. The maximum Gasteiger partial charge on any atom is 0.274 e. The third-order valence-electron chi connectivity index (χ3n) is 5.77. The smallest absolute Gasteiger partial charge is 0.274 e. The Labute approximate surface area is 214 Å². The van der Waals surface area contributed by atoms with Crippen LogP contribution in [0.4, 0.5) is 0 Å². The lowest BCUT2D eigenvalue weighted by atomic mass is 10.1. The number of hydrogen-bond acceptors (Lipinski definition) is 6. The minimum Gasteiger partial charge on any atom is -0.493 e. The second-order valence-corrected chi connectivity index (χ2v) is 9.97. The Morgan fingerprint density at radius 2 is 1.83 bits per heavy atom. The van der Waals surface area contributed by atoms with Gasteiger partial charge in [0.05, 0.1) is 27.1 Å². The highest BCUT2D eigenvalue weighted by molar-refractivity contribution is 9.10. The lowest BCUT2D eigenvalue weighted by Crippen LogP contribution is -2.22. The van der Waals surface area contributed by atoms with Crippen molar-refractivity contribution in [2.75, 3.05) is 20.3 Å². The summed E-state index contributed by atoms with van der Waals surface area (Å²) in [6.07, 6.45) is 1.84. The molecule has 0 saturated carbocycles. The van der Waals surface area contributed by atoms with Crippen LogP contribution >= 0.6 is 27.3 Å². The number of para-hydroxylation sites is 2. The van der Waals surface area contributed by atoms with Crippen molar-refractivity contribution in [3.8, 4) is 17.2 Å². The first-order chi connectivity index (χ1) is 16.9. The Balaban J connectivity index is 1.37. The molecule has 0 bridgehead atoms. The first-order valence-electron chi connectivity index (χ1n) is 11.1. The molecule has 0 saturated heterocycles. The number of rotatable bonds is 7. The number of imidazole rings is 1. The van der Waals surface area contributed by atoms with Gasteiger partial charge in [-0.2, -0.15) is 0 Å². The SMILES string of the molecule is COc1cc(/C=c2\sc3nc4ccccc4n3c2=O)cc(Br)c1OCCOc1ccc(C)c(C)c1. The van der Waals surface area contributed by atoms with Gasteiger partial charge in [-0.3, -0.25) is 4.79 Å². The molecule has 0 unspecified atom stereocenters. The van der Waals surface area contributed by atoms with E-state index in [4.69, 9.17) is 14.2 Å². The molecule has 0 amide bonds. The molecule has 0 aliphatic rings. The quantitative estimate of drug-likeness (QED) is 0.257. The molecule has 0 radical (unpaired) electrons. The molecule has 5 rings (SSSR count). The summed E-state index contributed by atoms with van der Waals surface area (Å²) < 4.78 is 20.3. The van der Waals surface area contributed by atoms with E-state index in [0.29, 0.717) is 34.2 Å². The van der Waals surface area contributed by atoms with E-state index >= 15 is 0 Å². The molecule has 8 heteroatoms. The van der Waals surface area contributed by atoms with Crippen LogP contribution in [-0.4, -0.2) is 29.7 Å². The Kier molecular flexibility index (Phi) is 6.49. The van der Waals surface area contributed by atoms with E-state index in [2.05, 4.69) is 34.8 Å². The Bertz CT molecular complexity index is 1660. The van der Waals surface area contributed by atoms with Crippen LogP contribution in [0, 0.1) is 13.8 Å². The first-order valence-corrected chi connectivity index (χ1v) is 12.7. The van der Waals surface area contributed by atoms with Gasteiger partial charge in [-0.15, -0.1) is 0 Å². The molecule has 35 heavy (non-hydrogen) atoms. The fourth-order valence-corrected chi connectivity index (χ4v) is 5.39. The van der Waals surface area contributed by atoms with E-state index in [-0.39, 0.29) is 5.56 Å². The lowest BCUT2D eigenvalue weighted by molar-refractivity contribution is 0.210. The van der Waals surface area contributed by atoms with Crippen molar-refractivity contribution < 1.29 is 14.2 Å². The van der Waals surface area contributed by atoms with Crippen molar-refractivity contribution >= 4 is 49.3 Å². The standard InChI is InChI=1S/C27H23BrN2O4S/c1-16-8-9-19(12-17(16)2)33-10-11-34-25-20(28)13-18(14-23(25)32-3)15-24-26(31)30-22-7-5-4-6-21(22)29-27(30)35-24/h4-9,12-15H,10-11H2,1-3H3/b24-15-. The average molecular weight is 551 g/mol. The molecule has 5 aromatic rings. The molecule has 0 spiro atoms. The van der Waals surface area contributed by atoms with E-state index in [1.807, 2.05) is 60.7 Å². The molecule has 0 aliphatic heterocycles. The molecule has 3 aromatic carbocycles. The molecule has 2 heterocycles. The summed E-state index contributed by atoms with van der Waals surface area (Å²) in [4.78, 5) is 18.3. The van der Waals surface area contributed by atoms with E-state index < -0.39 is 0 Å². The van der Waals surface area contributed by atoms with Gasteiger partial charge in [-0.25, -0.2) is 9.38 Å². The molecule has 0 atom stereocenters. The summed E-state index contributed by atoms with van der Waals surface area (Å²) in [6, 6.07) is 17.4. The van der Waals surface area contributed by atoms with Gasteiger partial charge in [0.15, 0.2) is 16.5 Å². The number of fused-ring (bicyclic) bond motifs is 3.